The maximum absolute atomic E-state index is 12.9. The van der Waals surface area contributed by atoms with Crippen LogP contribution in [-0.4, -0.2) is 19.4 Å². The van der Waals surface area contributed by atoms with Crippen molar-refractivity contribution in [2.45, 2.75) is 11.9 Å². The van der Waals surface area contributed by atoms with Crippen LogP contribution in [0, 0.1) is 0 Å². The van der Waals surface area contributed by atoms with Crippen LogP contribution in [0.4, 0.5) is 13.2 Å². The Morgan fingerprint density at radius 2 is 1.81 bits per heavy atom. The highest BCUT2D eigenvalue weighted by atomic mass is 19.4. The van der Waals surface area contributed by atoms with Crippen molar-refractivity contribution < 1.29 is 22.7 Å². The van der Waals surface area contributed by atoms with Gasteiger partial charge in [0, 0.05) is 12.7 Å². The first-order valence-electron chi connectivity index (χ1n) is 4.24. The lowest BCUT2D eigenvalue weighted by Gasteiger charge is -2.29. The number of carbonyl (C=O) groups excluding carboxylic acids is 1. The summed E-state index contributed by atoms with van der Waals surface area (Å²) in [5.74, 6) is 0. The van der Waals surface area contributed by atoms with Gasteiger partial charge in [-0.15, -0.1) is 0 Å². The molecule has 1 rings (SSSR count). The van der Waals surface area contributed by atoms with Gasteiger partial charge in [-0.1, -0.05) is 30.3 Å². The lowest BCUT2D eigenvalue weighted by Crippen LogP contribution is -2.42. The minimum atomic E-state index is -4.83. The lowest BCUT2D eigenvalue weighted by atomic mass is 10.0. The molecule has 0 radical (unpaired) electrons. The van der Waals surface area contributed by atoms with Gasteiger partial charge in [0.1, 0.15) is 0 Å². The molecular formula is C10H8F3NO2. The fourth-order valence-electron chi connectivity index (χ4n) is 1.30. The standard InChI is InChI=1S/C10H8F3NO2/c1-16-9(14-7-15,10(11,12)13)8-5-3-2-4-6-8/h2-6H,1H3. The number of hydrogen-bond acceptors (Lipinski definition) is 3. The SMILES string of the molecule is COC(N=C=O)(c1ccccc1)C(F)(F)F. The molecule has 6 heteroatoms. The van der Waals surface area contributed by atoms with E-state index in [1.807, 2.05) is 0 Å². The van der Waals surface area contributed by atoms with Crippen LogP contribution in [0.5, 0.6) is 0 Å². The van der Waals surface area contributed by atoms with E-state index in [4.69, 9.17) is 0 Å². The second kappa shape index (κ2) is 4.47. The van der Waals surface area contributed by atoms with E-state index >= 15 is 0 Å². The van der Waals surface area contributed by atoms with Gasteiger partial charge in [-0.2, -0.15) is 18.2 Å². The summed E-state index contributed by atoms with van der Waals surface area (Å²) in [4.78, 5) is 12.9. The number of isocyanates is 1. The molecule has 1 aromatic rings. The number of rotatable bonds is 3. The van der Waals surface area contributed by atoms with Gasteiger partial charge in [0.2, 0.25) is 6.08 Å². The number of hydrogen-bond donors (Lipinski definition) is 0. The fraction of sp³-hybridized carbons (Fsp3) is 0.300. The van der Waals surface area contributed by atoms with Crippen molar-refractivity contribution in [1.29, 1.82) is 0 Å². The minimum absolute atomic E-state index is 0.270. The first kappa shape index (κ1) is 12.4. The van der Waals surface area contributed by atoms with Crippen LogP contribution in [0.25, 0.3) is 0 Å². The number of halogens is 3. The number of alkyl halides is 3. The van der Waals surface area contributed by atoms with Gasteiger partial charge >= 0.3 is 6.18 Å². The zero-order valence-corrected chi connectivity index (χ0v) is 8.28. The lowest BCUT2D eigenvalue weighted by molar-refractivity contribution is -0.273. The molecule has 1 unspecified atom stereocenters. The molecule has 3 nitrogen and oxygen atoms in total. The zero-order valence-electron chi connectivity index (χ0n) is 8.28. The van der Waals surface area contributed by atoms with Crippen LogP contribution in [0.1, 0.15) is 5.56 Å². The van der Waals surface area contributed by atoms with Crippen molar-refractivity contribution >= 4 is 6.08 Å². The second-order valence-corrected chi connectivity index (χ2v) is 2.92. The molecular weight excluding hydrogens is 223 g/mol. The van der Waals surface area contributed by atoms with E-state index in [0.29, 0.717) is 0 Å². The summed E-state index contributed by atoms with van der Waals surface area (Å²) in [5.41, 5.74) is -3.25. The monoisotopic (exact) mass is 231 g/mol. The average molecular weight is 231 g/mol. The van der Waals surface area contributed by atoms with E-state index in [9.17, 15) is 18.0 Å². The van der Waals surface area contributed by atoms with Gasteiger partial charge in [-0.25, -0.2) is 4.79 Å². The molecule has 0 amide bonds. The third kappa shape index (κ3) is 1.98. The van der Waals surface area contributed by atoms with E-state index < -0.39 is 11.9 Å². The number of benzene rings is 1. The first-order chi connectivity index (χ1) is 7.48. The van der Waals surface area contributed by atoms with Gasteiger partial charge in [-0.3, -0.25) is 0 Å². The predicted octanol–water partition coefficient (Wildman–Crippen LogP) is 2.38. The average Bonchev–Trinajstić information content (AvgIpc) is 2.25. The van der Waals surface area contributed by atoms with Crippen LogP contribution in [0.3, 0.4) is 0 Å². The zero-order chi connectivity index (χ0) is 12.2. The molecule has 86 valence electrons. The molecule has 1 atom stereocenters. The number of methoxy groups -OCH3 is 1. The third-order valence-electron chi connectivity index (χ3n) is 2.05. The molecule has 0 aliphatic heterocycles. The molecule has 0 saturated heterocycles. The molecule has 0 aromatic heterocycles. The predicted molar refractivity (Wildman–Crippen MR) is 49.3 cm³/mol. The quantitative estimate of drug-likeness (QED) is 0.591. The van der Waals surface area contributed by atoms with Crippen molar-refractivity contribution in [3.8, 4) is 0 Å². The van der Waals surface area contributed by atoms with Gasteiger partial charge in [0.25, 0.3) is 5.72 Å². The Hall–Kier alpha value is -1.65. The Labute approximate surface area is 89.6 Å². The summed E-state index contributed by atoms with van der Waals surface area (Å²) in [6, 6.07) is 6.70. The van der Waals surface area contributed by atoms with Crippen molar-refractivity contribution in [2.24, 2.45) is 4.99 Å². The van der Waals surface area contributed by atoms with Gasteiger partial charge in [0.15, 0.2) is 0 Å². The summed E-state index contributed by atoms with van der Waals surface area (Å²) in [6.45, 7) is 0. The number of aliphatic imine (C=N–C) groups is 1. The Kier molecular flexibility index (Phi) is 3.47. The van der Waals surface area contributed by atoms with Crippen LogP contribution >= 0.6 is 0 Å². The van der Waals surface area contributed by atoms with Crippen molar-refractivity contribution in [3.63, 3.8) is 0 Å². The highest BCUT2D eigenvalue weighted by Crippen LogP contribution is 2.42. The van der Waals surface area contributed by atoms with E-state index in [1.54, 1.807) is 6.07 Å². The third-order valence-corrected chi connectivity index (χ3v) is 2.05. The maximum atomic E-state index is 12.9. The summed E-state index contributed by atoms with van der Waals surface area (Å²) < 4.78 is 42.9. The van der Waals surface area contributed by atoms with E-state index in [1.165, 1.54) is 24.3 Å². The van der Waals surface area contributed by atoms with Crippen molar-refractivity contribution in [3.05, 3.63) is 35.9 Å². The second-order valence-electron chi connectivity index (χ2n) is 2.92. The molecule has 1 aromatic carbocycles. The number of ether oxygens (including phenoxy) is 1. The van der Waals surface area contributed by atoms with Gasteiger partial charge < -0.3 is 4.74 Å². The summed E-state index contributed by atoms with van der Waals surface area (Å²) in [5, 5.41) is 0. The van der Waals surface area contributed by atoms with E-state index in [0.717, 1.165) is 13.2 Å². The van der Waals surface area contributed by atoms with Crippen molar-refractivity contribution in [2.75, 3.05) is 7.11 Å². The Morgan fingerprint density at radius 1 is 1.25 bits per heavy atom. The molecule has 0 fully saturated rings. The largest absolute Gasteiger partial charge is 0.444 e. The Balaban J connectivity index is 3.41. The molecule has 0 N–H and O–H groups in total. The van der Waals surface area contributed by atoms with E-state index in [-0.39, 0.29) is 5.56 Å². The van der Waals surface area contributed by atoms with Gasteiger partial charge in [-0.05, 0) is 0 Å². The molecule has 16 heavy (non-hydrogen) atoms. The molecule has 0 saturated carbocycles. The fourth-order valence-corrected chi connectivity index (χ4v) is 1.30. The highest BCUT2D eigenvalue weighted by molar-refractivity contribution is 5.37. The number of nitrogens with zero attached hydrogens (tertiary/aromatic N) is 1. The summed E-state index contributed by atoms with van der Waals surface area (Å²) in [6.07, 6.45) is -3.94. The molecule has 0 aliphatic rings. The highest BCUT2D eigenvalue weighted by Gasteiger charge is 2.57. The topological polar surface area (TPSA) is 38.7 Å². The van der Waals surface area contributed by atoms with Crippen LogP contribution < -0.4 is 0 Å². The van der Waals surface area contributed by atoms with Crippen molar-refractivity contribution in [1.82, 2.24) is 0 Å². The van der Waals surface area contributed by atoms with Crippen LogP contribution in [0.15, 0.2) is 35.3 Å². The molecule has 0 spiro atoms. The molecule has 0 bridgehead atoms. The normalized spacial score (nSPS) is 15.0. The Bertz CT molecular complexity index is 398. The summed E-state index contributed by atoms with van der Waals surface area (Å²) >= 11 is 0. The Morgan fingerprint density at radius 3 is 2.19 bits per heavy atom. The van der Waals surface area contributed by atoms with E-state index in [2.05, 4.69) is 9.73 Å². The van der Waals surface area contributed by atoms with Crippen LogP contribution in [-0.2, 0) is 15.3 Å². The summed E-state index contributed by atoms with van der Waals surface area (Å²) in [7, 11) is 0.835. The first-order valence-corrected chi connectivity index (χ1v) is 4.24. The minimum Gasteiger partial charge on any atom is -0.345 e. The smallest absolute Gasteiger partial charge is 0.345 e. The molecule has 0 heterocycles. The molecule has 0 aliphatic carbocycles. The maximum Gasteiger partial charge on any atom is 0.444 e. The van der Waals surface area contributed by atoms with Crippen LogP contribution in [0.2, 0.25) is 0 Å². The van der Waals surface area contributed by atoms with Gasteiger partial charge in [0.05, 0.1) is 0 Å².